The molecule has 2 N–H and O–H groups in total. The first-order valence-electron chi connectivity index (χ1n) is 7.80. The van der Waals surface area contributed by atoms with Crippen LogP contribution >= 0.6 is 0 Å². The van der Waals surface area contributed by atoms with Gasteiger partial charge in [0.1, 0.15) is 0 Å². The summed E-state index contributed by atoms with van der Waals surface area (Å²) in [6.07, 6.45) is 1.28. The Kier molecular flexibility index (Phi) is 5.36. The highest BCUT2D eigenvalue weighted by Crippen LogP contribution is 2.27. The number of carbonyl (C=O) groups is 3. The van der Waals surface area contributed by atoms with Gasteiger partial charge < -0.3 is 15.3 Å². The highest BCUT2D eigenvalue weighted by atomic mass is 16.4. The van der Waals surface area contributed by atoms with Crippen molar-refractivity contribution in [3.05, 3.63) is 24.3 Å². The van der Waals surface area contributed by atoms with E-state index in [0.717, 1.165) is 6.42 Å². The topological polar surface area (TPSA) is 86.7 Å². The SMILES string of the molecule is CC(C)CCC(=O)Nc1cccc(N2CC(C(=O)O)CC2=O)c1. The van der Waals surface area contributed by atoms with E-state index in [2.05, 4.69) is 19.2 Å². The van der Waals surface area contributed by atoms with Gasteiger partial charge in [-0.25, -0.2) is 0 Å². The first kappa shape index (κ1) is 17.0. The smallest absolute Gasteiger partial charge is 0.308 e. The summed E-state index contributed by atoms with van der Waals surface area (Å²) >= 11 is 0. The summed E-state index contributed by atoms with van der Waals surface area (Å²) in [6.45, 7) is 4.29. The predicted octanol–water partition coefficient (Wildman–Crippen LogP) is 2.50. The van der Waals surface area contributed by atoms with Crippen molar-refractivity contribution in [2.45, 2.75) is 33.1 Å². The van der Waals surface area contributed by atoms with Gasteiger partial charge in [0.25, 0.3) is 0 Å². The van der Waals surface area contributed by atoms with E-state index in [9.17, 15) is 14.4 Å². The number of carboxylic acids is 1. The van der Waals surface area contributed by atoms with Gasteiger partial charge in [0.2, 0.25) is 11.8 Å². The van der Waals surface area contributed by atoms with Crippen molar-refractivity contribution in [3.63, 3.8) is 0 Å². The molecule has 0 bridgehead atoms. The minimum Gasteiger partial charge on any atom is -0.481 e. The molecule has 6 heteroatoms. The third-order valence-corrected chi connectivity index (χ3v) is 3.86. The van der Waals surface area contributed by atoms with Crippen molar-refractivity contribution in [1.82, 2.24) is 0 Å². The third-order valence-electron chi connectivity index (χ3n) is 3.86. The molecule has 2 rings (SSSR count). The van der Waals surface area contributed by atoms with Gasteiger partial charge in [-0.1, -0.05) is 19.9 Å². The van der Waals surface area contributed by atoms with Crippen LogP contribution in [0.4, 0.5) is 11.4 Å². The molecule has 0 saturated carbocycles. The van der Waals surface area contributed by atoms with Crippen LogP contribution in [0.5, 0.6) is 0 Å². The fourth-order valence-corrected chi connectivity index (χ4v) is 2.52. The number of aliphatic carboxylic acids is 1. The minimum absolute atomic E-state index is 0.0142. The van der Waals surface area contributed by atoms with Gasteiger partial charge >= 0.3 is 5.97 Å². The molecule has 1 heterocycles. The zero-order chi connectivity index (χ0) is 17.0. The summed E-state index contributed by atoms with van der Waals surface area (Å²) in [6, 6.07) is 6.95. The first-order chi connectivity index (χ1) is 10.9. The molecule has 0 spiro atoms. The summed E-state index contributed by atoms with van der Waals surface area (Å²) in [4.78, 5) is 36.3. The van der Waals surface area contributed by atoms with E-state index in [4.69, 9.17) is 5.11 Å². The molecular weight excluding hydrogens is 296 g/mol. The number of rotatable bonds is 6. The number of hydrogen-bond acceptors (Lipinski definition) is 3. The molecule has 0 aromatic heterocycles. The second-order valence-electron chi connectivity index (χ2n) is 6.27. The maximum Gasteiger partial charge on any atom is 0.308 e. The van der Waals surface area contributed by atoms with E-state index in [-0.39, 0.29) is 24.8 Å². The van der Waals surface area contributed by atoms with E-state index in [0.29, 0.717) is 23.7 Å². The van der Waals surface area contributed by atoms with Crippen molar-refractivity contribution in [2.75, 3.05) is 16.8 Å². The monoisotopic (exact) mass is 318 g/mol. The van der Waals surface area contributed by atoms with Crippen LogP contribution in [0.25, 0.3) is 0 Å². The molecule has 1 fully saturated rings. The maximum absolute atomic E-state index is 12.0. The highest BCUT2D eigenvalue weighted by molar-refractivity contribution is 6.00. The lowest BCUT2D eigenvalue weighted by atomic mass is 10.1. The van der Waals surface area contributed by atoms with Crippen LogP contribution in [0.2, 0.25) is 0 Å². The molecule has 6 nitrogen and oxygen atoms in total. The second-order valence-corrected chi connectivity index (χ2v) is 6.27. The normalized spacial score (nSPS) is 17.6. The van der Waals surface area contributed by atoms with E-state index in [1.54, 1.807) is 24.3 Å². The molecule has 23 heavy (non-hydrogen) atoms. The van der Waals surface area contributed by atoms with Crippen LogP contribution in [-0.2, 0) is 14.4 Å². The molecule has 2 amide bonds. The van der Waals surface area contributed by atoms with Crippen LogP contribution < -0.4 is 10.2 Å². The van der Waals surface area contributed by atoms with Gasteiger partial charge in [-0.05, 0) is 30.5 Å². The lowest BCUT2D eigenvalue weighted by Gasteiger charge is -2.17. The van der Waals surface area contributed by atoms with Crippen molar-refractivity contribution < 1.29 is 19.5 Å². The van der Waals surface area contributed by atoms with Gasteiger partial charge in [-0.2, -0.15) is 0 Å². The molecule has 1 saturated heterocycles. The molecule has 124 valence electrons. The number of carbonyl (C=O) groups excluding carboxylic acids is 2. The Balaban J connectivity index is 2.04. The van der Waals surface area contributed by atoms with E-state index >= 15 is 0 Å². The first-order valence-corrected chi connectivity index (χ1v) is 7.80. The molecule has 0 radical (unpaired) electrons. The van der Waals surface area contributed by atoms with Crippen molar-refractivity contribution in [1.29, 1.82) is 0 Å². The van der Waals surface area contributed by atoms with Gasteiger partial charge in [0, 0.05) is 30.8 Å². The number of benzene rings is 1. The second kappa shape index (κ2) is 7.26. The Hall–Kier alpha value is -2.37. The number of nitrogens with one attached hydrogen (secondary N) is 1. The summed E-state index contributed by atoms with van der Waals surface area (Å²) in [5, 5.41) is 11.9. The fraction of sp³-hybridized carbons (Fsp3) is 0.471. The molecule has 1 aromatic carbocycles. The Labute approximate surface area is 135 Å². The Morgan fingerprint density at radius 3 is 2.74 bits per heavy atom. The van der Waals surface area contributed by atoms with E-state index < -0.39 is 11.9 Å². The molecule has 1 atom stereocenters. The van der Waals surface area contributed by atoms with E-state index in [1.807, 2.05) is 0 Å². The lowest BCUT2D eigenvalue weighted by molar-refractivity contribution is -0.141. The Bertz CT molecular complexity index is 612. The van der Waals surface area contributed by atoms with Crippen LogP contribution in [0.3, 0.4) is 0 Å². The number of anilines is 2. The molecule has 1 aliphatic rings. The standard InChI is InChI=1S/C17H22N2O4/c1-11(2)6-7-15(20)18-13-4-3-5-14(9-13)19-10-12(17(22)23)8-16(19)21/h3-5,9,11-12H,6-8,10H2,1-2H3,(H,18,20)(H,22,23). The number of hydrogen-bond donors (Lipinski definition) is 2. The summed E-state index contributed by atoms with van der Waals surface area (Å²) in [7, 11) is 0. The molecule has 1 unspecified atom stereocenters. The van der Waals surface area contributed by atoms with E-state index in [1.165, 1.54) is 4.90 Å². The van der Waals surface area contributed by atoms with Crippen LogP contribution in [0.15, 0.2) is 24.3 Å². The lowest BCUT2D eigenvalue weighted by Crippen LogP contribution is -2.25. The van der Waals surface area contributed by atoms with Crippen molar-refractivity contribution in [3.8, 4) is 0 Å². The van der Waals surface area contributed by atoms with Crippen LogP contribution in [0, 0.1) is 11.8 Å². The van der Waals surface area contributed by atoms with Crippen LogP contribution in [-0.4, -0.2) is 29.4 Å². The number of nitrogens with zero attached hydrogens (tertiary/aromatic N) is 1. The predicted molar refractivity (Wildman–Crippen MR) is 87.2 cm³/mol. The van der Waals surface area contributed by atoms with Crippen LogP contribution in [0.1, 0.15) is 33.1 Å². The summed E-state index contributed by atoms with van der Waals surface area (Å²) < 4.78 is 0. The zero-order valence-corrected chi connectivity index (χ0v) is 13.4. The largest absolute Gasteiger partial charge is 0.481 e. The Morgan fingerprint density at radius 1 is 1.39 bits per heavy atom. The van der Waals surface area contributed by atoms with Crippen molar-refractivity contribution in [2.24, 2.45) is 11.8 Å². The molecular formula is C17H22N2O4. The Morgan fingerprint density at radius 2 is 2.13 bits per heavy atom. The molecule has 1 aromatic rings. The third kappa shape index (κ3) is 4.55. The maximum atomic E-state index is 12.0. The quantitative estimate of drug-likeness (QED) is 0.843. The molecule has 0 aliphatic carbocycles. The molecule has 1 aliphatic heterocycles. The minimum atomic E-state index is -0.959. The highest BCUT2D eigenvalue weighted by Gasteiger charge is 2.35. The van der Waals surface area contributed by atoms with Gasteiger partial charge in [0.15, 0.2) is 0 Å². The average Bonchev–Trinajstić information content (AvgIpc) is 2.88. The zero-order valence-electron chi connectivity index (χ0n) is 13.4. The van der Waals surface area contributed by atoms with Gasteiger partial charge in [0.05, 0.1) is 5.92 Å². The van der Waals surface area contributed by atoms with Crippen molar-refractivity contribution >= 4 is 29.2 Å². The number of amides is 2. The number of carboxylic acid groups (broad SMARTS) is 1. The van der Waals surface area contributed by atoms with Gasteiger partial charge in [-0.3, -0.25) is 14.4 Å². The summed E-state index contributed by atoms with van der Waals surface area (Å²) in [5.74, 6) is -1.44. The summed E-state index contributed by atoms with van der Waals surface area (Å²) in [5.41, 5.74) is 1.23. The fourth-order valence-electron chi connectivity index (χ4n) is 2.52. The average molecular weight is 318 g/mol. The van der Waals surface area contributed by atoms with Gasteiger partial charge in [-0.15, -0.1) is 0 Å².